The summed E-state index contributed by atoms with van der Waals surface area (Å²) in [5.74, 6) is -2.23. The molecule has 0 fully saturated rings. The first-order valence-corrected chi connectivity index (χ1v) is 3.90. The summed E-state index contributed by atoms with van der Waals surface area (Å²) in [7, 11) is 1.21. The average molecular weight is 199 g/mol. The summed E-state index contributed by atoms with van der Waals surface area (Å²) in [4.78, 5) is 11.2. The molecule has 0 saturated carbocycles. The van der Waals surface area contributed by atoms with E-state index in [9.17, 15) is 9.18 Å². The van der Waals surface area contributed by atoms with Crippen molar-refractivity contribution >= 4 is 5.78 Å². The Balaban J connectivity index is 3.31. The second-order valence-corrected chi connectivity index (χ2v) is 2.61. The molecule has 0 radical (unpaired) electrons. The molecule has 1 aromatic carbocycles. The number of phenolic OH excluding ortho intramolecular Hbond substituents is 1. The molecule has 0 saturated heterocycles. The van der Waals surface area contributed by atoms with Crippen molar-refractivity contribution < 1.29 is 19.0 Å². The van der Waals surface area contributed by atoms with Gasteiger partial charge < -0.3 is 15.6 Å². The lowest BCUT2D eigenvalue weighted by Gasteiger charge is -2.08. The molecular formula is C9H10FNO3. The number of ketones is 1. The Morgan fingerprint density at radius 3 is 2.79 bits per heavy atom. The van der Waals surface area contributed by atoms with E-state index in [4.69, 9.17) is 10.8 Å². The van der Waals surface area contributed by atoms with Gasteiger partial charge in [-0.25, -0.2) is 0 Å². The topological polar surface area (TPSA) is 72.5 Å². The van der Waals surface area contributed by atoms with Gasteiger partial charge >= 0.3 is 0 Å². The molecule has 0 bridgehead atoms. The van der Waals surface area contributed by atoms with Gasteiger partial charge in [-0.3, -0.25) is 4.79 Å². The minimum atomic E-state index is -0.952. The SMILES string of the molecule is COc1c(C(=O)CN)ccc(O)c1F. The maximum atomic E-state index is 13.2. The lowest BCUT2D eigenvalue weighted by molar-refractivity contribution is 0.0997. The fraction of sp³-hybridized carbons (Fsp3) is 0.222. The van der Waals surface area contributed by atoms with Crippen LogP contribution in [-0.2, 0) is 0 Å². The molecule has 0 aliphatic rings. The highest BCUT2D eigenvalue weighted by Crippen LogP contribution is 2.29. The van der Waals surface area contributed by atoms with Crippen molar-refractivity contribution in [2.75, 3.05) is 13.7 Å². The summed E-state index contributed by atoms with van der Waals surface area (Å²) in [6.45, 7) is -0.236. The molecular weight excluding hydrogens is 189 g/mol. The molecule has 76 valence electrons. The molecule has 0 unspecified atom stereocenters. The van der Waals surface area contributed by atoms with Crippen LogP contribution in [0.5, 0.6) is 11.5 Å². The van der Waals surface area contributed by atoms with Gasteiger partial charge in [0, 0.05) is 0 Å². The number of halogens is 1. The second-order valence-electron chi connectivity index (χ2n) is 2.61. The highest BCUT2D eigenvalue weighted by molar-refractivity contribution is 6.00. The van der Waals surface area contributed by atoms with E-state index in [0.717, 1.165) is 6.07 Å². The molecule has 1 aromatic rings. The number of ether oxygens (including phenoxy) is 1. The predicted molar refractivity (Wildman–Crippen MR) is 48.0 cm³/mol. The van der Waals surface area contributed by atoms with Crippen LogP contribution in [0.25, 0.3) is 0 Å². The summed E-state index contributed by atoms with van der Waals surface area (Å²) >= 11 is 0. The summed E-state index contributed by atoms with van der Waals surface area (Å²) in [6, 6.07) is 2.35. The van der Waals surface area contributed by atoms with Crippen LogP contribution in [-0.4, -0.2) is 24.5 Å². The highest BCUT2D eigenvalue weighted by Gasteiger charge is 2.17. The van der Waals surface area contributed by atoms with Crippen molar-refractivity contribution in [3.05, 3.63) is 23.5 Å². The number of phenols is 1. The molecule has 0 spiro atoms. The molecule has 14 heavy (non-hydrogen) atoms. The third-order valence-electron chi connectivity index (χ3n) is 1.77. The van der Waals surface area contributed by atoms with Gasteiger partial charge in [-0.1, -0.05) is 0 Å². The van der Waals surface area contributed by atoms with Gasteiger partial charge in [-0.05, 0) is 12.1 Å². The molecule has 4 nitrogen and oxygen atoms in total. The lowest BCUT2D eigenvalue weighted by Crippen LogP contribution is -2.15. The smallest absolute Gasteiger partial charge is 0.207 e. The Labute approximate surface area is 80.1 Å². The summed E-state index contributed by atoms with van der Waals surface area (Å²) in [5, 5.41) is 9.01. The summed E-state index contributed by atoms with van der Waals surface area (Å²) in [5.41, 5.74) is 5.16. The van der Waals surface area contributed by atoms with E-state index in [1.54, 1.807) is 0 Å². The number of methoxy groups -OCH3 is 1. The standard InChI is InChI=1S/C9H10FNO3/c1-14-9-5(7(13)4-11)2-3-6(12)8(9)10/h2-3,12H,4,11H2,1H3. The van der Waals surface area contributed by atoms with Gasteiger partial charge in [0.05, 0.1) is 19.2 Å². The van der Waals surface area contributed by atoms with E-state index in [0.29, 0.717) is 0 Å². The van der Waals surface area contributed by atoms with Crippen LogP contribution in [0.15, 0.2) is 12.1 Å². The van der Waals surface area contributed by atoms with E-state index < -0.39 is 17.3 Å². The fourth-order valence-electron chi connectivity index (χ4n) is 1.07. The number of hydrogen-bond acceptors (Lipinski definition) is 4. The Morgan fingerprint density at radius 1 is 1.64 bits per heavy atom. The van der Waals surface area contributed by atoms with Gasteiger partial charge in [0.15, 0.2) is 17.3 Å². The number of carbonyl (C=O) groups is 1. The summed E-state index contributed by atoms with van der Waals surface area (Å²) in [6.07, 6.45) is 0. The molecule has 0 amide bonds. The van der Waals surface area contributed by atoms with Gasteiger partial charge in [0.25, 0.3) is 0 Å². The number of benzene rings is 1. The van der Waals surface area contributed by atoms with Crippen molar-refractivity contribution in [2.45, 2.75) is 0 Å². The normalized spacial score (nSPS) is 9.93. The molecule has 1 rings (SSSR count). The minimum absolute atomic E-state index is 0.0327. The quantitative estimate of drug-likeness (QED) is 0.702. The number of rotatable bonds is 3. The van der Waals surface area contributed by atoms with Crippen molar-refractivity contribution in [2.24, 2.45) is 5.73 Å². The monoisotopic (exact) mass is 199 g/mol. The Hall–Kier alpha value is -1.62. The van der Waals surface area contributed by atoms with E-state index in [2.05, 4.69) is 4.74 Å². The molecule has 0 aliphatic heterocycles. The van der Waals surface area contributed by atoms with E-state index in [1.165, 1.54) is 13.2 Å². The first kappa shape index (κ1) is 10.5. The number of hydrogen-bond donors (Lipinski definition) is 2. The van der Waals surface area contributed by atoms with Crippen LogP contribution >= 0.6 is 0 Å². The average Bonchev–Trinajstić information content (AvgIpc) is 2.20. The molecule has 3 N–H and O–H groups in total. The molecule has 5 heteroatoms. The highest BCUT2D eigenvalue weighted by atomic mass is 19.1. The fourth-order valence-corrected chi connectivity index (χ4v) is 1.07. The number of nitrogens with two attached hydrogens (primary N) is 1. The molecule has 0 aromatic heterocycles. The molecule has 0 atom stereocenters. The zero-order valence-electron chi connectivity index (χ0n) is 7.58. The number of Topliss-reactive ketones (excluding diaryl/α,β-unsaturated/α-hetero) is 1. The third kappa shape index (κ3) is 1.67. The Morgan fingerprint density at radius 2 is 2.29 bits per heavy atom. The number of aromatic hydroxyl groups is 1. The van der Waals surface area contributed by atoms with Gasteiger partial charge in [0.2, 0.25) is 5.82 Å². The van der Waals surface area contributed by atoms with Gasteiger partial charge in [0.1, 0.15) is 0 Å². The first-order chi connectivity index (χ1) is 6.61. The van der Waals surface area contributed by atoms with Crippen LogP contribution in [0, 0.1) is 5.82 Å². The van der Waals surface area contributed by atoms with E-state index in [-0.39, 0.29) is 17.9 Å². The van der Waals surface area contributed by atoms with Crippen LogP contribution < -0.4 is 10.5 Å². The van der Waals surface area contributed by atoms with E-state index in [1.807, 2.05) is 0 Å². The largest absolute Gasteiger partial charge is 0.505 e. The van der Waals surface area contributed by atoms with Gasteiger partial charge in [-0.15, -0.1) is 0 Å². The Bertz CT molecular complexity index is 365. The van der Waals surface area contributed by atoms with Crippen LogP contribution in [0.3, 0.4) is 0 Å². The van der Waals surface area contributed by atoms with Crippen molar-refractivity contribution in [3.8, 4) is 11.5 Å². The van der Waals surface area contributed by atoms with E-state index >= 15 is 0 Å². The second kappa shape index (κ2) is 4.06. The maximum Gasteiger partial charge on any atom is 0.207 e. The van der Waals surface area contributed by atoms with Gasteiger partial charge in [-0.2, -0.15) is 4.39 Å². The minimum Gasteiger partial charge on any atom is -0.505 e. The van der Waals surface area contributed by atoms with Crippen LogP contribution in [0.4, 0.5) is 4.39 Å². The van der Waals surface area contributed by atoms with Crippen molar-refractivity contribution in [3.63, 3.8) is 0 Å². The zero-order valence-corrected chi connectivity index (χ0v) is 7.58. The number of carbonyl (C=O) groups excluding carboxylic acids is 1. The predicted octanol–water partition coefficient (Wildman–Crippen LogP) is 0.681. The lowest BCUT2D eigenvalue weighted by atomic mass is 10.1. The first-order valence-electron chi connectivity index (χ1n) is 3.90. The summed E-state index contributed by atoms with van der Waals surface area (Å²) < 4.78 is 17.9. The Kier molecular flexibility index (Phi) is 3.03. The van der Waals surface area contributed by atoms with Crippen LogP contribution in [0.2, 0.25) is 0 Å². The van der Waals surface area contributed by atoms with Crippen molar-refractivity contribution in [1.82, 2.24) is 0 Å². The zero-order chi connectivity index (χ0) is 10.7. The molecule has 0 heterocycles. The third-order valence-corrected chi connectivity index (χ3v) is 1.77. The van der Waals surface area contributed by atoms with Crippen molar-refractivity contribution in [1.29, 1.82) is 0 Å². The maximum absolute atomic E-state index is 13.2. The van der Waals surface area contributed by atoms with Crippen LogP contribution in [0.1, 0.15) is 10.4 Å². The molecule has 0 aliphatic carbocycles.